The van der Waals surface area contributed by atoms with E-state index in [-0.39, 0.29) is 5.92 Å². The van der Waals surface area contributed by atoms with Gasteiger partial charge in [0, 0.05) is 0 Å². The Balaban J connectivity index is 3.54. The van der Waals surface area contributed by atoms with Crippen molar-refractivity contribution in [2.45, 2.75) is 104 Å². The Morgan fingerprint density at radius 3 is 1.67 bits per heavy atom. The molecular weight excluding hydrogens is 260 g/mol. The topological polar surface area (TPSA) is 37.3 Å². The third kappa shape index (κ3) is 14.2. The molecule has 0 aromatic rings. The number of carboxylic acid groups (broad SMARTS) is 1. The lowest BCUT2D eigenvalue weighted by molar-refractivity contribution is -0.142. The standard InChI is InChI=1S/C19H38O2/c1-4-5-6-7-8-9-10-11-15-18(19(20)21)16-13-12-14-17(2)3/h17-18H,4-16H2,1-3H3,(H,20,21). The molecule has 0 bridgehead atoms. The van der Waals surface area contributed by atoms with Crippen LogP contribution in [-0.2, 0) is 4.79 Å². The van der Waals surface area contributed by atoms with Crippen LogP contribution in [0.1, 0.15) is 104 Å². The fourth-order valence-corrected chi connectivity index (χ4v) is 2.86. The first-order chi connectivity index (χ1) is 10.1. The summed E-state index contributed by atoms with van der Waals surface area (Å²) in [5.41, 5.74) is 0. The summed E-state index contributed by atoms with van der Waals surface area (Å²) >= 11 is 0. The highest BCUT2D eigenvalue weighted by atomic mass is 16.4. The Morgan fingerprint density at radius 2 is 1.19 bits per heavy atom. The fourth-order valence-electron chi connectivity index (χ4n) is 2.86. The molecule has 0 radical (unpaired) electrons. The number of carbonyl (C=O) groups is 1. The first-order valence-corrected chi connectivity index (χ1v) is 9.30. The number of aliphatic carboxylic acids is 1. The summed E-state index contributed by atoms with van der Waals surface area (Å²) in [5.74, 6) is 0.0562. The maximum absolute atomic E-state index is 11.3. The van der Waals surface area contributed by atoms with Gasteiger partial charge in [0.15, 0.2) is 0 Å². The van der Waals surface area contributed by atoms with E-state index in [1.807, 2.05) is 0 Å². The maximum Gasteiger partial charge on any atom is 0.306 e. The molecule has 1 N–H and O–H groups in total. The van der Waals surface area contributed by atoms with Crippen LogP contribution >= 0.6 is 0 Å². The zero-order valence-corrected chi connectivity index (χ0v) is 14.7. The highest BCUT2D eigenvalue weighted by Crippen LogP contribution is 2.20. The Labute approximate surface area is 132 Å². The van der Waals surface area contributed by atoms with Gasteiger partial charge in [0.25, 0.3) is 0 Å². The van der Waals surface area contributed by atoms with Crippen molar-refractivity contribution in [3.05, 3.63) is 0 Å². The molecule has 0 aromatic heterocycles. The molecule has 0 aliphatic rings. The SMILES string of the molecule is CCCCCCCCCCC(CCCCC(C)C)C(=O)O. The molecule has 0 aromatic carbocycles. The number of rotatable bonds is 15. The summed E-state index contributed by atoms with van der Waals surface area (Å²) in [6.45, 7) is 6.71. The molecule has 0 rings (SSSR count). The van der Waals surface area contributed by atoms with E-state index in [1.54, 1.807) is 0 Å². The van der Waals surface area contributed by atoms with Gasteiger partial charge in [-0.1, -0.05) is 91.4 Å². The van der Waals surface area contributed by atoms with Gasteiger partial charge in [-0.25, -0.2) is 0 Å². The van der Waals surface area contributed by atoms with Gasteiger partial charge in [0.2, 0.25) is 0 Å². The number of hydrogen-bond acceptors (Lipinski definition) is 1. The van der Waals surface area contributed by atoms with Crippen LogP contribution in [0.3, 0.4) is 0 Å². The third-order valence-electron chi connectivity index (χ3n) is 4.34. The lowest BCUT2D eigenvalue weighted by Crippen LogP contribution is -2.13. The summed E-state index contributed by atoms with van der Waals surface area (Å²) in [6, 6.07) is 0. The minimum atomic E-state index is -0.581. The van der Waals surface area contributed by atoms with Crippen LogP contribution in [0.2, 0.25) is 0 Å². The van der Waals surface area contributed by atoms with E-state index in [9.17, 15) is 9.90 Å². The molecule has 126 valence electrons. The highest BCUT2D eigenvalue weighted by molar-refractivity contribution is 5.69. The Bertz CT molecular complexity index is 236. The van der Waals surface area contributed by atoms with E-state index in [2.05, 4.69) is 20.8 Å². The minimum absolute atomic E-state index is 0.0998. The monoisotopic (exact) mass is 298 g/mol. The second-order valence-electron chi connectivity index (χ2n) is 6.98. The van der Waals surface area contributed by atoms with Gasteiger partial charge in [-0.3, -0.25) is 4.79 Å². The largest absolute Gasteiger partial charge is 0.481 e. The molecule has 0 amide bonds. The molecule has 0 saturated heterocycles. The normalized spacial score (nSPS) is 12.8. The van der Waals surface area contributed by atoms with Crippen molar-refractivity contribution in [2.24, 2.45) is 11.8 Å². The molecule has 0 aliphatic carbocycles. The smallest absolute Gasteiger partial charge is 0.306 e. The molecule has 21 heavy (non-hydrogen) atoms. The van der Waals surface area contributed by atoms with Crippen molar-refractivity contribution >= 4 is 5.97 Å². The van der Waals surface area contributed by atoms with Gasteiger partial charge >= 0.3 is 5.97 Å². The van der Waals surface area contributed by atoms with Crippen molar-refractivity contribution in [3.63, 3.8) is 0 Å². The van der Waals surface area contributed by atoms with Gasteiger partial charge in [-0.05, 0) is 18.8 Å². The van der Waals surface area contributed by atoms with Crippen LogP contribution in [0.5, 0.6) is 0 Å². The van der Waals surface area contributed by atoms with Crippen LogP contribution in [0.15, 0.2) is 0 Å². The van der Waals surface area contributed by atoms with E-state index in [1.165, 1.54) is 57.8 Å². The van der Waals surface area contributed by atoms with Gasteiger partial charge in [0.1, 0.15) is 0 Å². The average Bonchev–Trinajstić information content (AvgIpc) is 2.43. The molecule has 0 heterocycles. The van der Waals surface area contributed by atoms with Crippen molar-refractivity contribution in [2.75, 3.05) is 0 Å². The molecule has 2 nitrogen and oxygen atoms in total. The maximum atomic E-state index is 11.3. The fraction of sp³-hybridized carbons (Fsp3) is 0.947. The first-order valence-electron chi connectivity index (χ1n) is 9.30. The van der Waals surface area contributed by atoms with Crippen molar-refractivity contribution in [1.82, 2.24) is 0 Å². The van der Waals surface area contributed by atoms with E-state index >= 15 is 0 Å². The van der Waals surface area contributed by atoms with Crippen LogP contribution in [0, 0.1) is 11.8 Å². The molecular formula is C19H38O2. The average molecular weight is 299 g/mol. The van der Waals surface area contributed by atoms with Crippen molar-refractivity contribution in [3.8, 4) is 0 Å². The van der Waals surface area contributed by atoms with Gasteiger partial charge < -0.3 is 5.11 Å². The van der Waals surface area contributed by atoms with Crippen LogP contribution in [-0.4, -0.2) is 11.1 Å². The van der Waals surface area contributed by atoms with Gasteiger partial charge in [-0.2, -0.15) is 0 Å². The van der Waals surface area contributed by atoms with Crippen molar-refractivity contribution < 1.29 is 9.90 Å². The second-order valence-corrected chi connectivity index (χ2v) is 6.98. The van der Waals surface area contributed by atoms with Crippen LogP contribution < -0.4 is 0 Å². The van der Waals surface area contributed by atoms with Crippen LogP contribution in [0.25, 0.3) is 0 Å². The second kappa shape index (κ2) is 14.4. The lowest BCUT2D eigenvalue weighted by atomic mass is 9.93. The zero-order valence-electron chi connectivity index (χ0n) is 14.7. The van der Waals surface area contributed by atoms with Gasteiger partial charge in [0.05, 0.1) is 5.92 Å². The van der Waals surface area contributed by atoms with Gasteiger partial charge in [-0.15, -0.1) is 0 Å². The number of carboxylic acids is 1. The lowest BCUT2D eigenvalue weighted by Gasteiger charge is -2.12. The predicted octanol–water partition coefficient (Wildman–Crippen LogP) is 6.43. The molecule has 2 heteroatoms. The summed E-state index contributed by atoms with van der Waals surface area (Å²) in [4.78, 5) is 11.3. The summed E-state index contributed by atoms with van der Waals surface area (Å²) in [6.07, 6.45) is 15.5. The van der Waals surface area contributed by atoms with E-state index < -0.39 is 5.97 Å². The Morgan fingerprint density at radius 1 is 0.762 bits per heavy atom. The predicted molar refractivity (Wildman–Crippen MR) is 91.7 cm³/mol. The minimum Gasteiger partial charge on any atom is -0.481 e. The molecule has 0 fully saturated rings. The third-order valence-corrected chi connectivity index (χ3v) is 4.34. The molecule has 0 saturated carbocycles. The quantitative estimate of drug-likeness (QED) is 0.353. The van der Waals surface area contributed by atoms with E-state index in [0.717, 1.165) is 31.6 Å². The van der Waals surface area contributed by atoms with Crippen molar-refractivity contribution in [1.29, 1.82) is 0 Å². The summed E-state index contributed by atoms with van der Waals surface area (Å²) in [7, 11) is 0. The zero-order chi connectivity index (χ0) is 15.9. The highest BCUT2D eigenvalue weighted by Gasteiger charge is 2.16. The molecule has 1 unspecified atom stereocenters. The summed E-state index contributed by atoms with van der Waals surface area (Å²) < 4.78 is 0. The first kappa shape index (κ1) is 20.5. The molecule has 1 atom stereocenters. The van der Waals surface area contributed by atoms with E-state index in [4.69, 9.17) is 0 Å². The molecule has 0 spiro atoms. The summed E-state index contributed by atoms with van der Waals surface area (Å²) in [5, 5.41) is 9.28. The number of unbranched alkanes of at least 4 members (excludes halogenated alkanes) is 8. The Hall–Kier alpha value is -0.530. The van der Waals surface area contributed by atoms with E-state index in [0.29, 0.717) is 0 Å². The number of hydrogen-bond donors (Lipinski definition) is 1. The molecule has 0 aliphatic heterocycles. The van der Waals surface area contributed by atoms with Crippen LogP contribution in [0.4, 0.5) is 0 Å². The Kier molecular flexibility index (Phi) is 14.0.